The number of aliphatic carboxylic acids is 1. The van der Waals surface area contributed by atoms with E-state index in [4.69, 9.17) is 9.84 Å². The molecule has 21 heavy (non-hydrogen) atoms. The molecule has 5 nitrogen and oxygen atoms in total. The van der Waals surface area contributed by atoms with Crippen molar-refractivity contribution in [1.29, 1.82) is 0 Å². The predicted octanol–water partition coefficient (Wildman–Crippen LogP) is 2.30. The Morgan fingerprint density at radius 3 is 2.48 bits per heavy atom. The average molecular weight is 291 g/mol. The van der Waals surface area contributed by atoms with E-state index in [0.717, 1.165) is 5.56 Å². The second-order valence-corrected chi connectivity index (χ2v) is 4.78. The van der Waals surface area contributed by atoms with Crippen molar-refractivity contribution in [2.75, 3.05) is 0 Å². The Bertz CT molecular complexity index is 508. The summed E-state index contributed by atoms with van der Waals surface area (Å²) in [5, 5.41) is 11.5. The number of benzene rings is 1. The molecule has 0 aliphatic rings. The van der Waals surface area contributed by atoms with E-state index in [1.54, 1.807) is 38.1 Å². The maximum Gasteiger partial charge on any atom is 0.326 e. The lowest BCUT2D eigenvalue weighted by molar-refractivity contribution is -0.142. The van der Waals surface area contributed by atoms with E-state index < -0.39 is 24.0 Å². The second-order valence-electron chi connectivity index (χ2n) is 4.78. The maximum atomic E-state index is 12.0. The van der Waals surface area contributed by atoms with Gasteiger partial charge in [-0.25, -0.2) is 4.79 Å². The molecule has 0 aromatic heterocycles. The molecule has 114 valence electrons. The number of rotatable bonds is 7. The number of carbonyl (C=O) groups is 2. The summed E-state index contributed by atoms with van der Waals surface area (Å²) in [6.07, 6.45) is 2.92. The molecule has 2 atom stereocenters. The number of hydrogen-bond acceptors (Lipinski definition) is 3. The van der Waals surface area contributed by atoms with Gasteiger partial charge in [0.05, 0.1) is 0 Å². The van der Waals surface area contributed by atoms with Gasteiger partial charge in [0, 0.05) is 0 Å². The Kier molecular flexibility index (Phi) is 6.46. The number of allylic oxidation sites excluding steroid dienone is 1. The van der Waals surface area contributed by atoms with Gasteiger partial charge in [-0.1, -0.05) is 29.8 Å². The smallest absolute Gasteiger partial charge is 0.326 e. The molecule has 0 saturated carbocycles. The lowest BCUT2D eigenvalue weighted by Crippen LogP contribution is -2.46. The van der Waals surface area contributed by atoms with Crippen LogP contribution < -0.4 is 10.1 Å². The second kappa shape index (κ2) is 8.09. The van der Waals surface area contributed by atoms with Crippen LogP contribution in [-0.4, -0.2) is 29.1 Å². The van der Waals surface area contributed by atoms with E-state index in [0.29, 0.717) is 5.75 Å². The van der Waals surface area contributed by atoms with Gasteiger partial charge in [-0.15, -0.1) is 0 Å². The highest BCUT2D eigenvalue weighted by molar-refractivity contribution is 5.86. The Morgan fingerprint density at radius 1 is 1.33 bits per heavy atom. The zero-order valence-corrected chi connectivity index (χ0v) is 12.5. The number of carboxylic acid groups (broad SMARTS) is 1. The quantitative estimate of drug-likeness (QED) is 0.756. The van der Waals surface area contributed by atoms with E-state index >= 15 is 0 Å². The summed E-state index contributed by atoms with van der Waals surface area (Å²) in [5.41, 5.74) is 1.09. The Labute approximate surface area is 124 Å². The van der Waals surface area contributed by atoms with Gasteiger partial charge >= 0.3 is 5.97 Å². The Balaban J connectivity index is 2.60. The van der Waals surface area contributed by atoms with Crippen LogP contribution in [0.25, 0.3) is 0 Å². The normalized spacial score (nSPS) is 13.7. The Morgan fingerprint density at radius 2 is 1.95 bits per heavy atom. The van der Waals surface area contributed by atoms with Crippen LogP contribution in [0.15, 0.2) is 36.4 Å². The highest BCUT2D eigenvalue weighted by Gasteiger charge is 2.22. The van der Waals surface area contributed by atoms with Crippen LogP contribution in [0.5, 0.6) is 5.75 Å². The van der Waals surface area contributed by atoms with Gasteiger partial charge in [0.2, 0.25) is 0 Å². The molecule has 1 amide bonds. The standard InChI is InChI=1S/C16H21NO4/c1-4-5-6-14(16(19)20)17-15(18)12(3)21-13-9-7-11(2)8-10-13/h4-5,7-10,12,14H,6H2,1-3H3,(H,17,18)(H,19,20)/b5-4+. The highest BCUT2D eigenvalue weighted by atomic mass is 16.5. The van der Waals surface area contributed by atoms with Gasteiger partial charge in [0.15, 0.2) is 6.10 Å². The molecule has 0 spiro atoms. The molecule has 1 rings (SSSR count). The van der Waals surface area contributed by atoms with E-state index in [1.165, 1.54) is 0 Å². The molecular weight excluding hydrogens is 270 g/mol. The monoisotopic (exact) mass is 291 g/mol. The molecule has 0 saturated heterocycles. The number of carbonyl (C=O) groups excluding carboxylic acids is 1. The summed E-state index contributed by atoms with van der Waals surface area (Å²) in [6.45, 7) is 5.34. The first kappa shape index (κ1) is 16.8. The minimum Gasteiger partial charge on any atom is -0.481 e. The summed E-state index contributed by atoms with van der Waals surface area (Å²) >= 11 is 0. The van der Waals surface area contributed by atoms with Gasteiger partial charge in [-0.05, 0) is 39.3 Å². The first-order valence-electron chi connectivity index (χ1n) is 6.81. The lowest BCUT2D eigenvalue weighted by atomic mass is 10.2. The molecule has 5 heteroatoms. The summed E-state index contributed by atoms with van der Waals surface area (Å²) in [7, 11) is 0. The molecule has 0 bridgehead atoms. The third-order valence-corrected chi connectivity index (χ3v) is 2.93. The number of aryl methyl sites for hydroxylation is 1. The first-order valence-corrected chi connectivity index (χ1v) is 6.81. The van der Waals surface area contributed by atoms with Crippen molar-refractivity contribution in [3.8, 4) is 5.75 Å². The summed E-state index contributed by atoms with van der Waals surface area (Å²) in [6, 6.07) is 6.36. The molecule has 0 aliphatic carbocycles. The van der Waals surface area contributed by atoms with Gasteiger partial charge in [0.25, 0.3) is 5.91 Å². The zero-order chi connectivity index (χ0) is 15.8. The third kappa shape index (κ3) is 5.69. The highest BCUT2D eigenvalue weighted by Crippen LogP contribution is 2.13. The zero-order valence-electron chi connectivity index (χ0n) is 12.5. The van der Waals surface area contributed by atoms with Crippen molar-refractivity contribution < 1.29 is 19.4 Å². The average Bonchev–Trinajstić information content (AvgIpc) is 2.45. The van der Waals surface area contributed by atoms with Crippen molar-refractivity contribution in [3.05, 3.63) is 42.0 Å². The molecule has 0 aliphatic heterocycles. The van der Waals surface area contributed by atoms with Crippen LogP contribution in [0.3, 0.4) is 0 Å². The van der Waals surface area contributed by atoms with Crippen molar-refractivity contribution in [2.24, 2.45) is 0 Å². The fourth-order valence-corrected chi connectivity index (χ4v) is 1.66. The lowest BCUT2D eigenvalue weighted by Gasteiger charge is -2.18. The van der Waals surface area contributed by atoms with Crippen molar-refractivity contribution in [1.82, 2.24) is 5.32 Å². The van der Waals surface area contributed by atoms with Crippen LogP contribution in [-0.2, 0) is 9.59 Å². The van der Waals surface area contributed by atoms with Gasteiger partial charge in [0.1, 0.15) is 11.8 Å². The summed E-state index contributed by atoms with van der Waals surface area (Å²) in [5.74, 6) is -0.944. The van der Waals surface area contributed by atoms with Crippen LogP contribution in [0.2, 0.25) is 0 Å². The molecule has 1 aromatic carbocycles. The van der Waals surface area contributed by atoms with Crippen molar-refractivity contribution >= 4 is 11.9 Å². The van der Waals surface area contributed by atoms with E-state index in [2.05, 4.69) is 5.32 Å². The molecule has 1 aromatic rings. The largest absolute Gasteiger partial charge is 0.481 e. The van der Waals surface area contributed by atoms with Crippen molar-refractivity contribution in [2.45, 2.75) is 39.3 Å². The number of carboxylic acids is 1. The number of hydrogen-bond donors (Lipinski definition) is 2. The molecule has 2 unspecified atom stereocenters. The summed E-state index contributed by atoms with van der Waals surface area (Å²) in [4.78, 5) is 23.0. The molecular formula is C16H21NO4. The summed E-state index contributed by atoms with van der Waals surface area (Å²) < 4.78 is 5.49. The van der Waals surface area contributed by atoms with Crippen LogP contribution in [0.1, 0.15) is 25.8 Å². The van der Waals surface area contributed by atoms with Gasteiger partial charge < -0.3 is 15.2 Å². The number of amides is 1. The fourth-order valence-electron chi connectivity index (χ4n) is 1.66. The third-order valence-electron chi connectivity index (χ3n) is 2.93. The predicted molar refractivity (Wildman–Crippen MR) is 80.3 cm³/mol. The van der Waals surface area contributed by atoms with Crippen LogP contribution in [0, 0.1) is 6.92 Å². The fraction of sp³-hybridized carbons (Fsp3) is 0.375. The topological polar surface area (TPSA) is 75.6 Å². The minimum atomic E-state index is -1.07. The van der Waals surface area contributed by atoms with Gasteiger partial charge in [-0.3, -0.25) is 4.79 Å². The van der Waals surface area contributed by atoms with Crippen LogP contribution >= 0.6 is 0 Å². The molecule has 0 radical (unpaired) electrons. The molecule has 0 fully saturated rings. The van der Waals surface area contributed by atoms with Crippen molar-refractivity contribution in [3.63, 3.8) is 0 Å². The first-order chi connectivity index (χ1) is 9.93. The van der Waals surface area contributed by atoms with Gasteiger partial charge in [-0.2, -0.15) is 0 Å². The molecule has 0 heterocycles. The minimum absolute atomic E-state index is 0.245. The van der Waals surface area contributed by atoms with Crippen LogP contribution in [0.4, 0.5) is 0 Å². The molecule has 2 N–H and O–H groups in total. The Hall–Kier alpha value is -2.30. The van der Waals surface area contributed by atoms with E-state index in [1.807, 2.05) is 19.1 Å². The van der Waals surface area contributed by atoms with E-state index in [9.17, 15) is 9.59 Å². The maximum absolute atomic E-state index is 12.0. The number of ether oxygens (including phenoxy) is 1. The van der Waals surface area contributed by atoms with E-state index in [-0.39, 0.29) is 6.42 Å². The SMILES string of the molecule is C/C=C/CC(NC(=O)C(C)Oc1ccc(C)cc1)C(=O)O. The number of nitrogens with one attached hydrogen (secondary N) is 1.